The Morgan fingerprint density at radius 3 is 1.93 bits per heavy atom. The molecule has 0 aromatic heterocycles. The molecule has 1 atom stereocenters. The van der Waals surface area contributed by atoms with Crippen LogP contribution in [0.1, 0.15) is 46.9 Å². The Balaban J connectivity index is 1.79. The van der Waals surface area contributed by atoms with Gasteiger partial charge in [-0.05, 0) is 42.3 Å². The minimum Gasteiger partial charge on any atom is -0.341 e. The minimum absolute atomic E-state index is 0.0503. The summed E-state index contributed by atoms with van der Waals surface area (Å²) in [4.78, 5) is 24.7. The summed E-state index contributed by atoms with van der Waals surface area (Å²) in [6, 6.07) is 24.8. The van der Waals surface area contributed by atoms with E-state index in [1.54, 1.807) is 24.3 Å². The molecule has 3 aromatic rings. The smallest absolute Gasteiger partial charge is 0.252 e. The fourth-order valence-electron chi connectivity index (χ4n) is 2.97. The van der Waals surface area contributed by atoms with Gasteiger partial charge in [-0.3, -0.25) is 9.59 Å². The molecule has 2 N–H and O–H groups in total. The molecule has 2 amide bonds. The maximum Gasteiger partial charge on any atom is 0.252 e. The topological polar surface area (TPSA) is 58.2 Å². The first-order valence-electron chi connectivity index (χ1n) is 9.77. The molecule has 4 heteroatoms. The summed E-state index contributed by atoms with van der Waals surface area (Å²) in [6.07, 6.45) is 0. The lowest BCUT2D eigenvalue weighted by Crippen LogP contribution is -2.29. The van der Waals surface area contributed by atoms with E-state index >= 15 is 0 Å². The maximum atomic E-state index is 12.9. The third-order valence-electron chi connectivity index (χ3n) is 4.76. The first kappa shape index (κ1) is 20.3. The van der Waals surface area contributed by atoms with Crippen LogP contribution in [-0.2, 0) is 4.79 Å². The number of carbonyl (C=O) groups excluding carboxylic acids is 2. The van der Waals surface area contributed by atoms with Crippen LogP contribution in [0.2, 0.25) is 0 Å². The summed E-state index contributed by atoms with van der Waals surface area (Å²) in [5.41, 5.74) is 4.44. The zero-order chi connectivity index (χ0) is 20.8. The Kier molecular flexibility index (Phi) is 6.45. The third kappa shape index (κ3) is 5.32. The van der Waals surface area contributed by atoms with Gasteiger partial charge in [-0.25, -0.2) is 0 Å². The SMILES string of the molecule is Cc1ccc(C(NC(=O)c2ccc(NC(=O)C(C)C)cc2)c2ccccc2)cc1. The Labute approximate surface area is 172 Å². The van der Waals surface area contributed by atoms with Gasteiger partial charge in [0.25, 0.3) is 5.91 Å². The molecule has 0 heterocycles. The quantitative estimate of drug-likeness (QED) is 0.618. The van der Waals surface area contributed by atoms with Gasteiger partial charge in [0.1, 0.15) is 0 Å². The van der Waals surface area contributed by atoms with Gasteiger partial charge in [-0.15, -0.1) is 0 Å². The van der Waals surface area contributed by atoms with Gasteiger partial charge in [0.05, 0.1) is 6.04 Å². The average Bonchev–Trinajstić information content (AvgIpc) is 2.73. The normalized spacial score (nSPS) is 11.7. The summed E-state index contributed by atoms with van der Waals surface area (Å²) in [5, 5.41) is 5.97. The Morgan fingerprint density at radius 1 is 0.759 bits per heavy atom. The van der Waals surface area contributed by atoms with Gasteiger partial charge in [0.15, 0.2) is 0 Å². The maximum absolute atomic E-state index is 12.9. The monoisotopic (exact) mass is 386 g/mol. The first-order valence-corrected chi connectivity index (χ1v) is 9.77. The van der Waals surface area contributed by atoms with Crippen LogP contribution < -0.4 is 10.6 Å². The number of nitrogens with one attached hydrogen (secondary N) is 2. The van der Waals surface area contributed by atoms with E-state index in [0.29, 0.717) is 11.3 Å². The summed E-state index contributed by atoms with van der Waals surface area (Å²) >= 11 is 0. The van der Waals surface area contributed by atoms with E-state index in [0.717, 1.165) is 11.1 Å². The highest BCUT2D eigenvalue weighted by Crippen LogP contribution is 2.23. The highest BCUT2D eigenvalue weighted by molar-refractivity contribution is 5.96. The van der Waals surface area contributed by atoms with Gasteiger partial charge in [-0.2, -0.15) is 0 Å². The fourth-order valence-corrected chi connectivity index (χ4v) is 2.97. The van der Waals surface area contributed by atoms with E-state index in [2.05, 4.69) is 10.6 Å². The largest absolute Gasteiger partial charge is 0.341 e. The lowest BCUT2D eigenvalue weighted by molar-refractivity contribution is -0.118. The zero-order valence-corrected chi connectivity index (χ0v) is 17.0. The molecular weight excluding hydrogens is 360 g/mol. The van der Waals surface area contributed by atoms with E-state index in [1.165, 1.54) is 5.56 Å². The number of hydrogen-bond donors (Lipinski definition) is 2. The number of aryl methyl sites for hydroxylation is 1. The van der Waals surface area contributed by atoms with Gasteiger partial charge in [0, 0.05) is 17.2 Å². The van der Waals surface area contributed by atoms with Crippen LogP contribution >= 0.6 is 0 Å². The predicted molar refractivity (Wildman–Crippen MR) is 117 cm³/mol. The fraction of sp³-hybridized carbons (Fsp3) is 0.200. The van der Waals surface area contributed by atoms with Crippen LogP contribution in [0.3, 0.4) is 0 Å². The Morgan fingerprint density at radius 2 is 1.34 bits per heavy atom. The second kappa shape index (κ2) is 9.20. The molecule has 0 fully saturated rings. The summed E-state index contributed by atoms with van der Waals surface area (Å²) in [5.74, 6) is -0.314. The van der Waals surface area contributed by atoms with Crippen molar-refractivity contribution in [2.45, 2.75) is 26.8 Å². The van der Waals surface area contributed by atoms with E-state index in [-0.39, 0.29) is 23.8 Å². The van der Waals surface area contributed by atoms with Crippen molar-refractivity contribution in [3.05, 3.63) is 101 Å². The highest BCUT2D eigenvalue weighted by Gasteiger charge is 2.18. The number of benzene rings is 3. The Bertz CT molecular complexity index is 962. The third-order valence-corrected chi connectivity index (χ3v) is 4.76. The van der Waals surface area contributed by atoms with Crippen LogP contribution in [0, 0.1) is 12.8 Å². The van der Waals surface area contributed by atoms with Crippen molar-refractivity contribution in [1.29, 1.82) is 0 Å². The second-order valence-corrected chi connectivity index (χ2v) is 7.45. The van der Waals surface area contributed by atoms with Crippen LogP contribution in [0.15, 0.2) is 78.9 Å². The van der Waals surface area contributed by atoms with E-state index in [4.69, 9.17) is 0 Å². The highest BCUT2D eigenvalue weighted by atomic mass is 16.2. The standard InChI is InChI=1S/C25H26N2O2/c1-17(2)24(28)26-22-15-13-21(14-16-22)25(29)27-23(19-7-5-4-6-8-19)20-11-9-18(3)10-12-20/h4-17,23H,1-3H3,(H,26,28)(H,27,29). The van der Waals surface area contributed by atoms with Crippen molar-refractivity contribution in [3.8, 4) is 0 Å². The molecule has 0 spiro atoms. The molecule has 1 unspecified atom stereocenters. The molecule has 148 valence electrons. The van der Waals surface area contributed by atoms with Crippen LogP contribution in [0.5, 0.6) is 0 Å². The molecule has 0 saturated carbocycles. The summed E-state index contributed by atoms with van der Waals surface area (Å²) in [7, 11) is 0. The molecular formula is C25H26N2O2. The molecule has 0 radical (unpaired) electrons. The summed E-state index contributed by atoms with van der Waals surface area (Å²) in [6.45, 7) is 5.72. The van der Waals surface area contributed by atoms with Gasteiger partial charge < -0.3 is 10.6 Å². The lowest BCUT2D eigenvalue weighted by atomic mass is 9.97. The number of hydrogen-bond acceptors (Lipinski definition) is 2. The number of rotatable bonds is 6. The number of amides is 2. The molecule has 29 heavy (non-hydrogen) atoms. The second-order valence-electron chi connectivity index (χ2n) is 7.45. The lowest BCUT2D eigenvalue weighted by Gasteiger charge is -2.20. The van der Waals surface area contributed by atoms with Crippen molar-refractivity contribution < 1.29 is 9.59 Å². The van der Waals surface area contributed by atoms with E-state index in [1.807, 2.05) is 75.4 Å². The van der Waals surface area contributed by atoms with Crippen LogP contribution in [0.4, 0.5) is 5.69 Å². The van der Waals surface area contributed by atoms with Crippen molar-refractivity contribution in [1.82, 2.24) is 5.32 Å². The van der Waals surface area contributed by atoms with Crippen LogP contribution in [0.25, 0.3) is 0 Å². The van der Waals surface area contributed by atoms with Gasteiger partial charge in [0.2, 0.25) is 5.91 Å². The molecule has 3 rings (SSSR count). The van der Waals surface area contributed by atoms with Crippen molar-refractivity contribution >= 4 is 17.5 Å². The molecule has 0 aliphatic rings. The van der Waals surface area contributed by atoms with Gasteiger partial charge in [-0.1, -0.05) is 74.0 Å². The average molecular weight is 386 g/mol. The molecule has 0 aliphatic carbocycles. The predicted octanol–water partition coefficient (Wildman–Crippen LogP) is 5.11. The first-order chi connectivity index (χ1) is 13.9. The number of carbonyl (C=O) groups is 2. The molecule has 0 bridgehead atoms. The molecule has 3 aromatic carbocycles. The Hall–Kier alpha value is -3.40. The van der Waals surface area contributed by atoms with E-state index in [9.17, 15) is 9.59 Å². The molecule has 0 aliphatic heterocycles. The van der Waals surface area contributed by atoms with Gasteiger partial charge >= 0.3 is 0 Å². The van der Waals surface area contributed by atoms with Crippen LogP contribution in [-0.4, -0.2) is 11.8 Å². The zero-order valence-electron chi connectivity index (χ0n) is 17.0. The molecule has 0 saturated heterocycles. The minimum atomic E-state index is -0.246. The van der Waals surface area contributed by atoms with Crippen molar-refractivity contribution in [3.63, 3.8) is 0 Å². The summed E-state index contributed by atoms with van der Waals surface area (Å²) < 4.78 is 0. The van der Waals surface area contributed by atoms with Crippen molar-refractivity contribution in [2.75, 3.05) is 5.32 Å². The van der Waals surface area contributed by atoms with E-state index < -0.39 is 0 Å². The van der Waals surface area contributed by atoms with Crippen molar-refractivity contribution in [2.24, 2.45) is 5.92 Å². The molecule has 4 nitrogen and oxygen atoms in total. The number of anilines is 1.